The average molecular weight is 283 g/mol. The summed E-state index contributed by atoms with van der Waals surface area (Å²) in [6.07, 6.45) is -6.28. The van der Waals surface area contributed by atoms with Gasteiger partial charge in [-0.15, -0.1) is 0 Å². The highest BCUT2D eigenvalue weighted by atomic mass is 79.9. The molecule has 0 radical (unpaired) electrons. The van der Waals surface area contributed by atoms with Crippen LogP contribution in [-0.4, -0.2) is 13.3 Å². The van der Waals surface area contributed by atoms with Crippen LogP contribution in [0.25, 0.3) is 0 Å². The van der Waals surface area contributed by atoms with E-state index in [9.17, 15) is 13.2 Å². The van der Waals surface area contributed by atoms with E-state index >= 15 is 0 Å². The minimum atomic E-state index is -4.40. The third kappa shape index (κ3) is 2.95. The Kier molecular flexibility index (Phi) is 3.78. The molecule has 84 valence electrons. The summed E-state index contributed by atoms with van der Waals surface area (Å²) < 4.78 is 42.5. The number of ether oxygens (including phenoxy) is 1. The van der Waals surface area contributed by atoms with Crippen LogP contribution in [0.15, 0.2) is 22.7 Å². The van der Waals surface area contributed by atoms with Gasteiger partial charge in [0.2, 0.25) is 0 Å². The van der Waals surface area contributed by atoms with Gasteiger partial charge in [-0.3, -0.25) is 0 Å². The number of rotatable bonds is 2. The Hall–Kier alpha value is -0.550. The molecule has 0 heterocycles. The molecule has 0 saturated heterocycles. The normalized spacial score (nSPS) is 14.0. The lowest BCUT2D eigenvalue weighted by Crippen LogP contribution is -2.22. The van der Waals surface area contributed by atoms with Crippen molar-refractivity contribution in [2.75, 3.05) is 7.11 Å². The second-order valence-electron chi connectivity index (χ2n) is 3.18. The van der Waals surface area contributed by atoms with Crippen molar-refractivity contribution in [3.63, 3.8) is 0 Å². The molecular formula is C10H10BrF3O. The van der Waals surface area contributed by atoms with Crippen LogP contribution in [0.2, 0.25) is 0 Å². The summed E-state index contributed by atoms with van der Waals surface area (Å²) in [5.74, 6) is 0. The van der Waals surface area contributed by atoms with E-state index in [0.29, 0.717) is 4.47 Å². The number of halogens is 4. The number of methoxy groups -OCH3 is 1. The van der Waals surface area contributed by atoms with Crippen molar-refractivity contribution in [3.8, 4) is 0 Å². The molecule has 5 heteroatoms. The van der Waals surface area contributed by atoms with Gasteiger partial charge >= 0.3 is 6.18 Å². The molecule has 0 spiro atoms. The van der Waals surface area contributed by atoms with Crippen LogP contribution in [0.1, 0.15) is 17.2 Å². The van der Waals surface area contributed by atoms with E-state index in [2.05, 4.69) is 20.7 Å². The summed E-state index contributed by atoms with van der Waals surface area (Å²) in [6.45, 7) is 1.81. The van der Waals surface area contributed by atoms with Crippen LogP contribution in [0.5, 0.6) is 0 Å². The van der Waals surface area contributed by atoms with Crippen molar-refractivity contribution < 1.29 is 17.9 Å². The number of aryl methyl sites for hydroxylation is 1. The molecule has 0 bridgehead atoms. The Bertz CT molecular complexity index is 349. The molecule has 1 aromatic rings. The van der Waals surface area contributed by atoms with Gasteiger partial charge in [0.15, 0.2) is 6.10 Å². The molecule has 0 fully saturated rings. The Balaban J connectivity index is 3.13. The molecular weight excluding hydrogens is 273 g/mol. The van der Waals surface area contributed by atoms with E-state index in [1.165, 1.54) is 6.07 Å². The number of alkyl halides is 3. The summed E-state index contributed by atoms with van der Waals surface area (Å²) in [5.41, 5.74) is 0.984. The van der Waals surface area contributed by atoms with Crippen LogP contribution in [0, 0.1) is 6.92 Å². The molecule has 0 amide bonds. The fourth-order valence-electron chi connectivity index (χ4n) is 1.28. The fraction of sp³-hybridized carbons (Fsp3) is 0.400. The van der Waals surface area contributed by atoms with Gasteiger partial charge in [-0.05, 0) is 18.6 Å². The first kappa shape index (κ1) is 12.5. The molecule has 0 aliphatic carbocycles. The molecule has 1 atom stereocenters. The minimum absolute atomic E-state index is 0.0931. The van der Waals surface area contributed by atoms with E-state index in [4.69, 9.17) is 0 Å². The fourth-order valence-corrected chi connectivity index (χ4v) is 1.98. The van der Waals surface area contributed by atoms with Crippen molar-refractivity contribution >= 4 is 15.9 Å². The lowest BCUT2D eigenvalue weighted by Gasteiger charge is -2.20. The molecule has 0 N–H and O–H groups in total. The van der Waals surface area contributed by atoms with E-state index in [-0.39, 0.29) is 5.56 Å². The van der Waals surface area contributed by atoms with Crippen LogP contribution in [0.3, 0.4) is 0 Å². The van der Waals surface area contributed by atoms with Crippen LogP contribution in [0.4, 0.5) is 13.2 Å². The van der Waals surface area contributed by atoms with Crippen molar-refractivity contribution in [3.05, 3.63) is 33.8 Å². The highest BCUT2D eigenvalue weighted by Gasteiger charge is 2.42. The van der Waals surface area contributed by atoms with Gasteiger partial charge < -0.3 is 4.74 Å². The smallest absolute Gasteiger partial charge is 0.367 e. The van der Waals surface area contributed by atoms with Gasteiger partial charge in [0, 0.05) is 17.1 Å². The summed E-state index contributed by atoms with van der Waals surface area (Å²) in [4.78, 5) is 0. The quantitative estimate of drug-likeness (QED) is 0.797. The van der Waals surface area contributed by atoms with Crippen LogP contribution in [-0.2, 0) is 4.74 Å². The van der Waals surface area contributed by atoms with Gasteiger partial charge in [0.25, 0.3) is 0 Å². The molecule has 0 aliphatic heterocycles. The first-order valence-corrected chi connectivity index (χ1v) is 5.01. The van der Waals surface area contributed by atoms with Gasteiger partial charge in [0.05, 0.1) is 0 Å². The zero-order valence-corrected chi connectivity index (χ0v) is 9.82. The van der Waals surface area contributed by atoms with Gasteiger partial charge in [-0.25, -0.2) is 0 Å². The Morgan fingerprint density at radius 3 is 2.33 bits per heavy atom. The standard InChI is InChI=1S/C10H10BrF3O/c1-6-3-4-7(8(11)5-6)9(15-2)10(12,13)14/h3-5,9H,1-2H3. The summed E-state index contributed by atoms with van der Waals surface area (Å²) in [5, 5.41) is 0. The van der Waals surface area contributed by atoms with Crippen molar-refractivity contribution in [2.24, 2.45) is 0 Å². The van der Waals surface area contributed by atoms with Gasteiger partial charge in [-0.2, -0.15) is 13.2 Å². The molecule has 0 aliphatic rings. The molecule has 1 unspecified atom stereocenters. The zero-order valence-electron chi connectivity index (χ0n) is 8.23. The van der Waals surface area contributed by atoms with Crippen molar-refractivity contribution in [2.45, 2.75) is 19.2 Å². The molecule has 1 aromatic carbocycles. The SMILES string of the molecule is COC(c1ccc(C)cc1Br)C(F)(F)F. The van der Waals surface area contributed by atoms with E-state index in [0.717, 1.165) is 12.7 Å². The first-order valence-electron chi connectivity index (χ1n) is 4.22. The number of hydrogen-bond acceptors (Lipinski definition) is 1. The summed E-state index contributed by atoms with van der Waals surface area (Å²) >= 11 is 3.10. The maximum absolute atomic E-state index is 12.5. The Morgan fingerprint density at radius 1 is 1.33 bits per heavy atom. The van der Waals surface area contributed by atoms with E-state index < -0.39 is 12.3 Å². The maximum Gasteiger partial charge on any atom is 0.418 e. The third-order valence-corrected chi connectivity index (χ3v) is 2.66. The molecule has 0 aromatic heterocycles. The third-order valence-electron chi connectivity index (χ3n) is 1.97. The monoisotopic (exact) mass is 282 g/mol. The molecule has 15 heavy (non-hydrogen) atoms. The summed E-state index contributed by atoms with van der Waals surface area (Å²) in [7, 11) is 1.05. The largest absolute Gasteiger partial charge is 0.418 e. The van der Waals surface area contributed by atoms with E-state index in [1.54, 1.807) is 12.1 Å². The molecule has 1 rings (SSSR count). The molecule has 0 saturated carbocycles. The number of benzene rings is 1. The Labute approximate surface area is 94.4 Å². The topological polar surface area (TPSA) is 9.23 Å². The first-order chi connectivity index (χ1) is 6.86. The lowest BCUT2D eigenvalue weighted by molar-refractivity contribution is -0.216. The Morgan fingerprint density at radius 2 is 1.93 bits per heavy atom. The summed E-state index contributed by atoms with van der Waals surface area (Å²) in [6, 6.07) is 4.67. The van der Waals surface area contributed by atoms with Gasteiger partial charge in [0.1, 0.15) is 0 Å². The highest BCUT2D eigenvalue weighted by Crippen LogP contribution is 2.38. The second kappa shape index (κ2) is 4.53. The predicted molar refractivity (Wildman–Crippen MR) is 54.7 cm³/mol. The number of hydrogen-bond donors (Lipinski definition) is 0. The molecule has 1 nitrogen and oxygen atoms in total. The maximum atomic E-state index is 12.5. The average Bonchev–Trinajstić information content (AvgIpc) is 2.07. The van der Waals surface area contributed by atoms with E-state index in [1.807, 2.05) is 6.92 Å². The minimum Gasteiger partial charge on any atom is -0.367 e. The van der Waals surface area contributed by atoms with Crippen molar-refractivity contribution in [1.82, 2.24) is 0 Å². The van der Waals surface area contributed by atoms with Gasteiger partial charge in [-0.1, -0.05) is 28.1 Å². The highest BCUT2D eigenvalue weighted by molar-refractivity contribution is 9.10. The van der Waals surface area contributed by atoms with Crippen LogP contribution >= 0.6 is 15.9 Å². The zero-order chi connectivity index (χ0) is 11.6. The van der Waals surface area contributed by atoms with Crippen LogP contribution < -0.4 is 0 Å². The predicted octanol–water partition coefficient (Wildman–Crippen LogP) is 4.01. The van der Waals surface area contributed by atoms with Crippen molar-refractivity contribution in [1.29, 1.82) is 0 Å². The second-order valence-corrected chi connectivity index (χ2v) is 4.04. The lowest BCUT2D eigenvalue weighted by atomic mass is 10.1.